The minimum atomic E-state index is -0.240. The van der Waals surface area contributed by atoms with E-state index in [1.807, 2.05) is 24.0 Å². The van der Waals surface area contributed by atoms with E-state index in [4.69, 9.17) is 10.5 Å². The Balaban J connectivity index is 1.99. The molecule has 1 aliphatic rings. The average molecular weight is 273 g/mol. The zero-order valence-electron chi connectivity index (χ0n) is 11.3. The number of hydrogen-bond donors (Lipinski definition) is 1. The van der Waals surface area contributed by atoms with Gasteiger partial charge in [-0.25, -0.2) is 4.39 Å². The van der Waals surface area contributed by atoms with Gasteiger partial charge in [-0.1, -0.05) is 6.07 Å². The molecule has 0 spiro atoms. The third-order valence-corrected chi connectivity index (χ3v) is 3.38. The SMILES string of the molecule is CCOc1nc(N2CCc3ccc(F)cc32)ccc1N. The number of nitrogen functional groups attached to an aromatic ring is 1. The van der Waals surface area contributed by atoms with Gasteiger partial charge < -0.3 is 15.4 Å². The van der Waals surface area contributed by atoms with Crippen molar-refractivity contribution in [2.45, 2.75) is 13.3 Å². The zero-order valence-corrected chi connectivity index (χ0v) is 11.3. The molecule has 0 amide bonds. The summed E-state index contributed by atoms with van der Waals surface area (Å²) in [5.41, 5.74) is 8.33. The van der Waals surface area contributed by atoms with Crippen LogP contribution >= 0.6 is 0 Å². The maximum Gasteiger partial charge on any atom is 0.239 e. The van der Waals surface area contributed by atoms with Crippen LogP contribution in [0.4, 0.5) is 21.6 Å². The maximum absolute atomic E-state index is 13.4. The van der Waals surface area contributed by atoms with E-state index in [1.54, 1.807) is 12.1 Å². The molecular weight excluding hydrogens is 257 g/mol. The van der Waals surface area contributed by atoms with Crippen molar-refractivity contribution < 1.29 is 9.13 Å². The van der Waals surface area contributed by atoms with Crippen molar-refractivity contribution in [2.24, 2.45) is 0 Å². The first-order chi connectivity index (χ1) is 9.69. The second-order valence-electron chi connectivity index (χ2n) is 4.67. The molecule has 0 bridgehead atoms. The molecule has 1 aliphatic heterocycles. The Morgan fingerprint density at radius 3 is 3.00 bits per heavy atom. The first kappa shape index (κ1) is 12.7. The van der Waals surface area contributed by atoms with Crippen LogP contribution in [0, 0.1) is 5.82 Å². The maximum atomic E-state index is 13.4. The molecule has 2 N–H and O–H groups in total. The number of fused-ring (bicyclic) bond motifs is 1. The smallest absolute Gasteiger partial charge is 0.239 e. The number of rotatable bonds is 3. The molecule has 0 saturated heterocycles. The standard InChI is InChI=1S/C15H16FN3O/c1-2-20-15-12(17)5-6-14(18-15)19-8-7-10-3-4-11(16)9-13(10)19/h3-6,9H,2,7-8,17H2,1H3. The van der Waals surface area contributed by atoms with Crippen molar-refractivity contribution in [1.29, 1.82) is 0 Å². The molecule has 5 heteroatoms. The van der Waals surface area contributed by atoms with E-state index in [9.17, 15) is 4.39 Å². The zero-order chi connectivity index (χ0) is 14.1. The van der Waals surface area contributed by atoms with Crippen LogP contribution in [-0.4, -0.2) is 18.1 Å². The Hall–Kier alpha value is -2.30. The van der Waals surface area contributed by atoms with Crippen LogP contribution in [0.3, 0.4) is 0 Å². The first-order valence-corrected chi connectivity index (χ1v) is 6.64. The summed E-state index contributed by atoms with van der Waals surface area (Å²) in [7, 11) is 0. The van der Waals surface area contributed by atoms with Gasteiger partial charge in [0, 0.05) is 12.2 Å². The number of pyridine rings is 1. The van der Waals surface area contributed by atoms with Crippen LogP contribution in [-0.2, 0) is 6.42 Å². The molecule has 0 saturated carbocycles. The number of hydrogen-bond acceptors (Lipinski definition) is 4. The molecule has 1 aromatic carbocycles. The van der Waals surface area contributed by atoms with Gasteiger partial charge in [0.2, 0.25) is 5.88 Å². The Labute approximate surface area is 117 Å². The van der Waals surface area contributed by atoms with Crippen molar-refractivity contribution in [3.8, 4) is 5.88 Å². The fraction of sp³-hybridized carbons (Fsp3) is 0.267. The Kier molecular flexibility index (Phi) is 3.18. The van der Waals surface area contributed by atoms with E-state index in [1.165, 1.54) is 6.07 Å². The molecule has 2 heterocycles. The van der Waals surface area contributed by atoms with Crippen LogP contribution in [0.15, 0.2) is 30.3 Å². The highest BCUT2D eigenvalue weighted by Crippen LogP contribution is 2.35. The summed E-state index contributed by atoms with van der Waals surface area (Å²) in [4.78, 5) is 6.42. The summed E-state index contributed by atoms with van der Waals surface area (Å²) >= 11 is 0. The summed E-state index contributed by atoms with van der Waals surface area (Å²) in [5, 5.41) is 0. The minimum absolute atomic E-state index is 0.240. The van der Waals surface area contributed by atoms with E-state index < -0.39 is 0 Å². The quantitative estimate of drug-likeness (QED) is 0.934. The Bertz CT molecular complexity index is 645. The van der Waals surface area contributed by atoms with E-state index in [0.717, 1.165) is 30.0 Å². The van der Waals surface area contributed by atoms with Crippen molar-refractivity contribution in [1.82, 2.24) is 4.98 Å². The van der Waals surface area contributed by atoms with Gasteiger partial charge in [0.05, 0.1) is 12.3 Å². The van der Waals surface area contributed by atoms with Crippen molar-refractivity contribution in [3.05, 3.63) is 41.7 Å². The first-order valence-electron chi connectivity index (χ1n) is 6.64. The highest BCUT2D eigenvalue weighted by molar-refractivity contribution is 5.69. The Morgan fingerprint density at radius 1 is 1.35 bits per heavy atom. The van der Waals surface area contributed by atoms with Crippen molar-refractivity contribution in [2.75, 3.05) is 23.8 Å². The van der Waals surface area contributed by atoms with Crippen LogP contribution < -0.4 is 15.4 Å². The number of ether oxygens (including phenoxy) is 1. The molecule has 1 aromatic heterocycles. The van der Waals surface area contributed by atoms with Crippen LogP contribution in [0.5, 0.6) is 5.88 Å². The summed E-state index contributed by atoms with van der Waals surface area (Å²) in [6.07, 6.45) is 0.881. The van der Waals surface area contributed by atoms with Crippen molar-refractivity contribution in [3.63, 3.8) is 0 Å². The molecule has 0 atom stereocenters. The summed E-state index contributed by atoms with van der Waals surface area (Å²) in [6.45, 7) is 3.17. The summed E-state index contributed by atoms with van der Waals surface area (Å²) < 4.78 is 18.8. The highest BCUT2D eigenvalue weighted by atomic mass is 19.1. The molecule has 20 heavy (non-hydrogen) atoms. The minimum Gasteiger partial charge on any atom is -0.476 e. The highest BCUT2D eigenvalue weighted by Gasteiger charge is 2.22. The van der Waals surface area contributed by atoms with Crippen LogP contribution in [0.2, 0.25) is 0 Å². The molecular formula is C15H16FN3O. The Morgan fingerprint density at radius 2 is 2.20 bits per heavy atom. The third-order valence-electron chi connectivity index (χ3n) is 3.38. The second-order valence-corrected chi connectivity index (χ2v) is 4.67. The van der Waals surface area contributed by atoms with Crippen LogP contribution in [0.25, 0.3) is 0 Å². The van der Waals surface area contributed by atoms with Gasteiger partial charge >= 0.3 is 0 Å². The molecule has 104 valence electrons. The number of nitrogens with two attached hydrogens (primary N) is 1. The van der Waals surface area contributed by atoms with Crippen molar-refractivity contribution >= 4 is 17.2 Å². The lowest BCUT2D eigenvalue weighted by atomic mass is 10.2. The number of benzene rings is 1. The van der Waals surface area contributed by atoms with Gasteiger partial charge in [-0.15, -0.1) is 0 Å². The lowest BCUT2D eigenvalue weighted by molar-refractivity contribution is 0.329. The summed E-state index contributed by atoms with van der Waals surface area (Å²) in [6, 6.07) is 8.46. The second kappa shape index (κ2) is 5.00. The van der Waals surface area contributed by atoms with E-state index in [0.29, 0.717) is 18.2 Å². The number of nitrogens with zero attached hydrogens (tertiary/aromatic N) is 2. The normalized spacial score (nSPS) is 13.4. The topological polar surface area (TPSA) is 51.4 Å². The van der Waals surface area contributed by atoms with Gasteiger partial charge in [-0.05, 0) is 43.2 Å². The lowest BCUT2D eigenvalue weighted by Crippen LogP contribution is -2.15. The van der Waals surface area contributed by atoms with Gasteiger partial charge in [0.25, 0.3) is 0 Å². The molecule has 0 unspecified atom stereocenters. The predicted molar refractivity (Wildman–Crippen MR) is 76.9 cm³/mol. The fourth-order valence-electron chi connectivity index (χ4n) is 2.43. The van der Waals surface area contributed by atoms with E-state index >= 15 is 0 Å². The van der Waals surface area contributed by atoms with Gasteiger partial charge in [-0.3, -0.25) is 0 Å². The fourth-order valence-corrected chi connectivity index (χ4v) is 2.43. The number of halogens is 1. The molecule has 4 nitrogen and oxygen atoms in total. The van der Waals surface area contributed by atoms with Gasteiger partial charge in [-0.2, -0.15) is 4.98 Å². The van der Waals surface area contributed by atoms with E-state index in [-0.39, 0.29) is 5.82 Å². The largest absolute Gasteiger partial charge is 0.476 e. The lowest BCUT2D eigenvalue weighted by Gasteiger charge is -2.19. The van der Waals surface area contributed by atoms with Gasteiger partial charge in [0.1, 0.15) is 11.6 Å². The average Bonchev–Trinajstić information content (AvgIpc) is 2.84. The molecule has 0 aliphatic carbocycles. The summed E-state index contributed by atoms with van der Waals surface area (Å²) in [5.74, 6) is 0.915. The third kappa shape index (κ3) is 2.15. The monoisotopic (exact) mass is 273 g/mol. The number of anilines is 3. The van der Waals surface area contributed by atoms with E-state index in [2.05, 4.69) is 4.98 Å². The molecule has 0 fully saturated rings. The predicted octanol–water partition coefficient (Wildman–Crippen LogP) is 2.90. The molecule has 0 radical (unpaired) electrons. The molecule has 2 aromatic rings. The molecule has 3 rings (SSSR count). The van der Waals surface area contributed by atoms with Crippen LogP contribution in [0.1, 0.15) is 12.5 Å². The number of aromatic nitrogens is 1. The van der Waals surface area contributed by atoms with Gasteiger partial charge in [0.15, 0.2) is 0 Å².